The Morgan fingerprint density at radius 3 is 2.91 bits per heavy atom. The van der Waals surface area contributed by atoms with E-state index in [2.05, 4.69) is 20.5 Å². The van der Waals surface area contributed by atoms with Crippen LogP contribution in [0.15, 0.2) is 49.2 Å². The molecule has 0 radical (unpaired) electrons. The number of nitrogens with zero attached hydrogens (tertiary/aromatic N) is 5. The average Bonchev–Trinajstić information content (AvgIpc) is 3.08. The number of rotatable bonds is 5. The highest BCUT2D eigenvalue weighted by molar-refractivity contribution is 6.03. The van der Waals surface area contributed by atoms with Crippen LogP contribution in [0, 0.1) is 0 Å². The van der Waals surface area contributed by atoms with Crippen molar-refractivity contribution in [1.29, 1.82) is 0 Å². The molecule has 0 saturated heterocycles. The van der Waals surface area contributed by atoms with Gasteiger partial charge in [-0.15, -0.1) is 0 Å². The van der Waals surface area contributed by atoms with Crippen LogP contribution in [0.25, 0.3) is 0 Å². The summed E-state index contributed by atoms with van der Waals surface area (Å²) in [6, 6.07) is 9.89. The number of nitrogens with one attached hydrogen (secondary N) is 1. The maximum atomic E-state index is 12.4. The van der Waals surface area contributed by atoms with E-state index in [9.17, 15) is 4.79 Å². The fourth-order valence-corrected chi connectivity index (χ4v) is 2.46. The molecule has 116 valence electrons. The molecule has 1 amide bonds. The van der Waals surface area contributed by atoms with E-state index >= 15 is 0 Å². The average molecular weight is 308 g/mol. The Labute approximate surface area is 133 Å². The van der Waals surface area contributed by atoms with Crippen molar-refractivity contribution in [2.45, 2.75) is 25.4 Å². The van der Waals surface area contributed by atoms with E-state index in [0.29, 0.717) is 18.3 Å². The van der Waals surface area contributed by atoms with E-state index in [0.717, 1.165) is 24.1 Å². The van der Waals surface area contributed by atoms with Crippen molar-refractivity contribution < 1.29 is 4.79 Å². The Bertz CT molecular complexity index is 819. The summed E-state index contributed by atoms with van der Waals surface area (Å²) in [5.74, 6) is -0.199. The lowest BCUT2D eigenvalue weighted by Crippen LogP contribution is -2.15. The molecule has 7 nitrogen and oxygen atoms in total. The highest BCUT2D eigenvalue weighted by Gasteiger charge is 2.25. The van der Waals surface area contributed by atoms with Gasteiger partial charge in [0.1, 0.15) is 12.7 Å². The summed E-state index contributed by atoms with van der Waals surface area (Å²) < 4.78 is 3.59. The van der Waals surface area contributed by atoms with Crippen molar-refractivity contribution in [2.24, 2.45) is 0 Å². The number of anilines is 1. The molecule has 1 fully saturated rings. The van der Waals surface area contributed by atoms with Gasteiger partial charge >= 0.3 is 0 Å². The lowest BCUT2D eigenvalue weighted by molar-refractivity contribution is 0.102. The van der Waals surface area contributed by atoms with E-state index in [1.54, 1.807) is 17.1 Å². The van der Waals surface area contributed by atoms with Crippen LogP contribution < -0.4 is 5.32 Å². The molecule has 0 unspecified atom stereocenters. The lowest BCUT2D eigenvalue weighted by Gasteiger charge is -2.10. The first kappa shape index (κ1) is 13.7. The van der Waals surface area contributed by atoms with Crippen LogP contribution in [0.5, 0.6) is 0 Å². The van der Waals surface area contributed by atoms with Gasteiger partial charge in [0.2, 0.25) is 0 Å². The van der Waals surface area contributed by atoms with Crippen molar-refractivity contribution in [3.63, 3.8) is 0 Å². The van der Waals surface area contributed by atoms with Crippen LogP contribution in [0.2, 0.25) is 0 Å². The van der Waals surface area contributed by atoms with Crippen LogP contribution in [-0.4, -0.2) is 30.5 Å². The van der Waals surface area contributed by atoms with Gasteiger partial charge < -0.3 is 5.32 Å². The van der Waals surface area contributed by atoms with Gasteiger partial charge in [-0.1, -0.05) is 18.2 Å². The predicted molar refractivity (Wildman–Crippen MR) is 84.0 cm³/mol. The Morgan fingerprint density at radius 1 is 1.26 bits per heavy atom. The number of benzene rings is 1. The molecule has 1 saturated carbocycles. The number of hydrogen-bond acceptors (Lipinski definition) is 4. The van der Waals surface area contributed by atoms with Crippen LogP contribution >= 0.6 is 0 Å². The molecule has 3 aromatic rings. The minimum absolute atomic E-state index is 0.199. The second kappa shape index (κ2) is 5.68. The van der Waals surface area contributed by atoms with E-state index < -0.39 is 0 Å². The predicted octanol–water partition coefficient (Wildman–Crippen LogP) is 2.11. The first-order valence-corrected chi connectivity index (χ1v) is 7.56. The third-order valence-corrected chi connectivity index (χ3v) is 3.83. The van der Waals surface area contributed by atoms with Crippen LogP contribution in [0.1, 0.15) is 34.9 Å². The van der Waals surface area contributed by atoms with Gasteiger partial charge in [-0.25, -0.2) is 9.67 Å². The van der Waals surface area contributed by atoms with Crippen molar-refractivity contribution >= 4 is 11.6 Å². The second-order valence-corrected chi connectivity index (χ2v) is 5.62. The maximum Gasteiger partial charge on any atom is 0.276 e. The maximum absolute atomic E-state index is 12.4. The molecule has 0 spiro atoms. The second-order valence-electron chi connectivity index (χ2n) is 5.62. The standard InChI is InChI=1S/C16H16N6O/c23-16(15-7-8-22(20-15)13-5-6-13)19-14-4-2-1-3-12(14)9-21-11-17-10-18-21/h1-4,7-8,10-11,13H,5-6,9H2,(H,19,23). The molecule has 0 bridgehead atoms. The van der Waals surface area contributed by atoms with Crippen LogP contribution in [0.4, 0.5) is 5.69 Å². The molecule has 23 heavy (non-hydrogen) atoms. The smallest absolute Gasteiger partial charge is 0.276 e. The van der Waals surface area contributed by atoms with Gasteiger partial charge in [0.05, 0.1) is 12.6 Å². The fraction of sp³-hybridized carbons (Fsp3) is 0.250. The number of amides is 1. The molecule has 2 aromatic heterocycles. The monoisotopic (exact) mass is 308 g/mol. The molecule has 1 aliphatic rings. The molecule has 1 aromatic carbocycles. The van der Waals surface area contributed by atoms with Gasteiger partial charge in [0, 0.05) is 11.9 Å². The summed E-state index contributed by atoms with van der Waals surface area (Å²) in [7, 11) is 0. The zero-order valence-electron chi connectivity index (χ0n) is 12.5. The summed E-state index contributed by atoms with van der Waals surface area (Å²) >= 11 is 0. The summed E-state index contributed by atoms with van der Waals surface area (Å²) in [6.07, 6.45) is 7.29. The molecule has 7 heteroatoms. The number of para-hydroxylation sites is 1. The molecule has 0 atom stereocenters. The zero-order valence-corrected chi connectivity index (χ0v) is 12.5. The first-order valence-electron chi connectivity index (χ1n) is 7.56. The fourth-order valence-electron chi connectivity index (χ4n) is 2.46. The number of hydrogen-bond donors (Lipinski definition) is 1. The third kappa shape index (κ3) is 2.98. The molecule has 0 aliphatic heterocycles. The van der Waals surface area contributed by atoms with E-state index in [1.165, 1.54) is 6.33 Å². The molecule has 1 N–H and O–H groups in total. The summed E-state index contributed by atoms with van der Waals surface area (Å²) in [5, 5.41) is 11.4. The van der Waals surface area contributed by atoms with Crippen molar-refractivity contribution in [2.75, 3.05) is 5.32 Å². The van der Waals surface area contributed by atoms with Crippen molar-refractivity contribution in [3.05, 3.63) is 60.4 Å². The van der Waals surface area contributed by atoms with E-state index in [-0.39, 0.29) is 5.91 Å². The number of carbonyl (C=O) groups is 1. The zero-order chi connectivity index (χ0) is 15.6. The van der Waals surface area contributed by atoms with Crippen LogP contribution in [-0.2, 0) is 6.54 Å². The highest BCUT2D eigenvalue weighted by atomic mass is 16.2. The van der Waals surface area contributed by atoms with E-state index in [1.807, 2.05) is 35.1 Å². The largest absolute Gasteiger partial charge is 0.320 e. The number of carbonyl (C=O) groups excluding carboxylic acids is 1. The molecule has 2 heterocycles. The van der Waals surface area contributed by atoms with Gasteiger partial charge in [0.15, 0.2) is 5.69 Å². The van der Waals surface area contributed by atoms with Gasteiger partial charge in [-0.3, -0.25) is 9.48 Å². The third-order valence-electron chi connectivity index (χ3n) is 3.83. The Balaban J connectivity index is 1.52. The molecule has 1 aliphatic carbocycles. The van der Waals surface area contributed by atoms with E-state index in [4.69, 9.17) is 0 Å². The van der Waals surface area contributed by atoms with Crippen molar-refractivity contribution in [1.82, 2.24) is 24.5 Å². The molecular formula is C16H16N6O. The quantitative estimate of drug-likeness (QED) is 0.783. The lowest BCUT2D eigenvalue weighted by atomic mass is 10.1. The van der Waals surface area contributed by atoms with Gasteiger partial charge in [0.25, 0.3) is 5.91 Å². The van der Waals surface area contributed by atoms with Crippen LogP contribution in [0.3, 0.4) is 0 Å². The Hall–Kier alpha value is -2.96. The highest BCUT2D eigenvalue weighted by Crippen LogP contribution is 2.33. The SMILES string of the molecule is O=C(Nc1ccccc1Cn1cncn1)c1ccn(C2CC2)n1. The summed E-state index contributed by atoms with van der Waals surface area (Å²) in [5.41, 5.74) is 2.16. The molecular weight excluding hydrogens is 292 g/mol. The minimum Gasteiger partial charge on any atom is -0.320 e. The number of aromatic nitrogens is 5. The Kier molecular flexibility index (Phi) is 3.38. The Morgan fingerprint density at radius 2 is 2.13 bits per heavy atom. The van der Waals surface area contributed by atoms with Crippen molar-refractivity contribution in [3.8, 4) is 0 Å². The van der Waals surface area contributed by atoms with Gasteiger partial charge in [-0.05, 0) is 30.5 Å². The van der Waals surface area contributed by atoms with Gasteiger partial charge in [-0.2, -0.15) is 10.2 Å². The summed E-state index contributed by atoms with van der Waals surface area (Å²) in [6.45, 7) is 0.549. The summed E-state index contributed by atoms with van der Waals surface area (Å²) in [4.78, 5) is 16.3. The normalized spacial score (nSPS) is 13.9. The molecule has 4 rings (SSSR count). The topological polar surface area (TPSA) is 77.6 Å². The minimum atomic E-state index is -0.199. The first-order chi connectivity index (χ1) is 11.3.